The highest BCUT2D eigenvalue weighted by Gasteiger charge is 2.13. The summed E-state index contributed by atoms with van der Waals surface area (Å²) < 4.78 is 2.48. The zero-order valence-electron chi connectivity index (χ0n) is 15.8. The Morgan fingerprint density at radius 2 is 1.11 bits per heavy atom. The van der Waals surface area contributed by atoms with Crippen molar-refractivity contribution in [1.82, 2.24) is 0 Å². The third kappa shape index (κ3) is 5.85. The molecule has 2 aliphatic heterocycles. The van der Waals surface area contributed by atoms with Crippen LogP contribution in [0.3, 0.4) is 0 Å². The van der Waals surface area contributed by atoms with E-state index in [1.165, 1.54) is 57.1 Å². The molecular weight excluding hydrogens is 421 g/mol. The molecule has 146 valence electrons. The topological polar surface area (TPSA) is 24.7 Å². The van der Waals surface area contributed by atoms with Gasteiger partial charge in [-0.1, -0.05) is 96.3 Å². The van der Waals surface area contributed by atoms with Crippen LogP contribution in [0.2, 0.25) is 0 Å². The smallest absolute Gasteiger partial charge is 0.130 e. The lowest BCUT2D eigenvalue weighted by molar-refractivity contribution is 0.712. The maximum Gasteiger partial charge on any atom is 0.130 e. The molecule has 0 radical (unpaired) electrons. The second kappa shape index (κ2) is 10.8. The Labute approximate surface area is 184 Å². The standard InChI is InChI=1S/C22H24N2S4/c1(7-13-25-21-23-19-11-5-3-9-17(19)15-27-21)2-8-14-26-22-24-20-12-6-4-10-18(20)16-28-22/h3-6,9-12H,1-2,7-8,13-16H2. The van der Waals surface area contributed by atoms with E-state index in [1.54, 1.807) is 0 Å². The number of thioether (sulfide) groups is 4. The van der Waals surface area contributed by atoms with Gasteiger partial charge in [0.15, 0.2) is 0 Å². The first kappa shape index (κ1) is 20.5. The minimum Gasteiger partial charge on any atom is -0.235 e. The van der Waals surface area contributed by atoms with Crippen LogP contribution in [0.25, 0.3) is 0 Å². The molecular formula is C22H24N2S4. The van der Waals surface area contributed by atoms with Gasteiger partial charge in [-0.05, 0) is 36.1 Å². The quantitative estimate of drug-likeness (QED) is 0.405. The van der Waals surface area contributed by atoms with Crippen LogP contribution in [-0.2, 0) is 11.5 Å². The van der Waals surface area contributed by atoms with Crippen molar-refractivity contribution in [2.24, 2.45) is 9.98 Å². The summed E-state index contributed by atoms with van der Waals surface area (Å²) in [5.74, 6) is 4.48. The van der Waals surface area contributed by atoms with E-state index in [0.29, 0.717) is 0 Å². The molecule has 2 aromatic rings. The number of benzene rings is 2. The monoisotopic (exact) mass is 444 g/mol. The molecule has 6 heteroatoms. The van der Waals surface area contributed by atoms with E-state index in [4.69, 9.17) is 9.98 Å². The van der Waals surface area contributed by atoms with Gasteiger partial charge in [-0.25, -0.2) is 9.98 Å². The predicted molar refractivity (Wildman–Crippen MR) is 133 cm³/mol. The van der Waals surface area contributed by atoms with Crippen molar-refractivity contribution in [1.29, 1.82) is 0 Å². The normalized spacial score (nSPS) is 15.4. The molecule has 2 heterocycles. The summed E-state index contributed by atoms with van der Waals surface area (Å²) in [7, 11) is 0. The van der Waals surface area contributed by atoms with Gasteiger partial charge in [0.2, 0.25) is 0 Å². The Bertz CT molecular complexity index is 792. The van der Waals surface area contributed by atoms with E-state index in [2.05, 4.69) is 48.5 Å². The molecule has 0 amide bonds. The van der Waals surface area contributed by atoms with Gasteiger partial charge < -0.3 is 0 Å². The summed E-state index contributed by atoms with van der Waals surface area (Å²) in [6.45, 7) is 0. The molecule has 0 unspecified atom stereocenters. The Morgan fingerprint density at radius 1 is 0.643 bits per heavy atom. The van der Waals surface area contributed by atoms with E-state index in [9.17, 15) is 0 Å². The molecule has 0 saturated heterocycles. The van der Waals surface area contributed by atoms with Crippen LogP contribution < -0.4 is 0 Å². The fourth-order valence-electron chi connectivity index (χ4n) is 3.05. The summed E-state index contributed by atoms with van der Waals surface area (Å²) in [4.78, 5) is 9.57. The van der Waals surface area contributed by atoms with Crippen molar-refractivity contribution in [2.45, 2.75) is 37.2 Å². The molecule has 4 rings (SSSR count). The lowest BCUT2D eigenvalue weighted by atomic mass is 10.2. The predicted octanol–water partition coefficient (Wildman–Crippen LogP) is 7.88. The number of nitrogens with zero attached hydrogens (tertiary/aromatic N) is 2. The summed E-state index contributed by atoms with van der Waals surface area (Å²) in [6, 6.07) is 17.0. The zero-order chi connectivity index (χ0) is 19.0. The minimum atomic E-state index is 1.06. The van der Waals surface area contributed by atoms with E-state index in [-0.39, 0.29) is 0 Å². The first-order valence-corrected chi connectivity index (χ1v) is 13.7. The molecule has 2 aliphatic rings. The second-order valence-electron chi connectivity index (χ2n) is 6.70. The van der Waals surface area contributed by atoms with Crippen molar-refractivity contribution in [3.63, 3.8) is 0 Å². The first-order chi connectivity index (χ1) is 13.9. The van der Waals surface area contributed by atoms with Gasteiger partial charge in [-0.15, -0.1) is 0 Å². The number of para-hydroxylation sites is 2. The largest absolute Gasteiger partial charge is 0.235 e. The van der Waals surface area contributed by atoms with Gasteiger partial charge in [0.05, 0.1) is 11.4 Å². The van der Waals surface area contributed by atoms with E-state index in [1.807, 2.05) is 47.0 Å². The van der Waals surface area contributed by atoms with Gasteiger partial charge in [-0.2, -0.15) is 0 Å². The Morgan fingerprint density at radius 3 is 1.61 bits per heavy atom. The molecule has 0 aromatic heterocycles. The van der Waals surface area contributed by atoms with Gasteiger partial charge >= 0.3 is 0 Å². The van der Waals surface area contributed by atoms with Crippen LogP contribution in [0.1, 0.15) is 36.8 Å². The maximum absolute atomic E-state index is 4.78. The third-order valence-corrected chi connectivity index (χ3v) is 9.26. The number of fused-ring (bicyclic) bond motifs is 2. The molecule has 28 heavy (non-hydrogen) atoms. The number of rotatable bonds is 7. The van der Waals surface area contributed by atoms with Gasteiger partial charge in [0, 0.05) is 23.0 Å². The molecule has 0 saturated carbocycles. The average molecular weight is 445 g/mol. The molecule has 0 spiro atoms. The second-order valence-corrected chi connectivity index (χ2v) is 11.3. The SMILES string of the molecule is c1ccc2c(c1)CSC(SCCCCCCSC1=Nc3ccccc3CS1)=N2. The summed E-state index contributed by atoms with van der Waals surface area (Å²) in [5, 5.41) is 0. The highest BCUT2D eigenvalue weighted by Crippen LogP contribution is 2.36. The maximum atomic E-state index is 4.78. The number of aliphatic imine (C=N–C) groups is 2. The van der Waals surface area contributed by atoms with Crippen molar-refractivity contribution in [3.8, 4) is 0 Å². The Hall–Kier alpha value is -0.820. The fraction of sp³-hybridized carbons (Fsp3) is 0.364. The molecule has 0 aliphatic carbocycles. The number of unbranched alkanes of at least 4 members (excludes halogenated alkanes) is 3. The molecule has 2 nitrogen and oxygen atoms in total. The van der Waals surface area contributed by atoms with E-state index >= 15 is 0 Å². The van der Waals surface area contributed by atoms with Crippen LogP contribution >= 0.6 is 47.0 Å². The summed E-state index contributed by atoms with van der Waals surface area (Å²) >= 11 is 7.62. The van der Waals surface area contributed by atoms with Crippen molar-refractivity contribution < 1.29 is 0 Å². The lowest BCUT2D eigenvalue weighted by Gasteiger charge is -2.14. The van der Waals surface area contributed by atoms with E-state index < -0.39 is 0 Å². The first-order valence-electron chi connectivity index (χ1n) is 9.73. The minimum absolute atomic E-state index is 1.06. The molecule has 0 fully saturated rings. The summed E-state index contributed by atoms with van der Waals surface area (Å²) in [6.07, 6.45) is 5.17. The van der Waals surface area contributed by atoms with Crippen molar-refractivity contribution >= 4 is 67.2 Å². The third-order valence-electron chi connectivity index (χ3n) is 4.60. The van der Waals surface area contributed by atoms with E-state index in [0.717, 1.165) is 22.9 Å². The van der Waals surface area contributed by atoms with Crippen LogP contribution in [0, 0.1) is 0 Å². The van der Waals surface area contributed by atoms with Gasteiger partial charge in [0.1, 0.15) is 8.75 Å². The van der Waals surface area contributed by atoms with Crippen LogP contribution in [0.5, 0.6) is 0 Å². The highest BCUT2D eigenvalue weighted by molar-refractivity contribution is 8.39. The zero-order valence-corrected chi connectivity index (χ0v) is 19.1. The highest BCUT2D eigenvalue weighted by atomic mass is 32.2. The molecule has 0 bridgehead atoms. The van der Waals surface area contributed by atoms with Gasteiger partial charge in [-0.3, -0.25) is 0 Å². The Kier molecular flexibility index (Phi) is 7.90. The average Bonchev–Trinajstić information content (AvgIpc) is 2.75. The summed E-state index contributed by atoms with van der Waals surface area (Å²) in [5.41, 5.74) is 5.04. The molecule has 0 N–H and O–H groups in total. The number of hydrogen-bond acceptors (Lipinski definition) is 6. The Balaban J connectivity index is 1.08. The molecule has 2 aromatic carbocycles. The fourth-order valence-corrected chi connectivity index (χ4v) is 7.31. The van der Waals surface area contributed by atoms with Gasteiger partial charge in [0.25, 0.3) is 0 Å². The molecule has 0 atom stereocenters. The van der Waals surface area contributed by atoms with Crippen LogP contribution in [-0.4, -0.2) is 20.3 Å². The lowest BCUT2D eigenvalue weighted by Crippen LogP contribution is -1.97. The number of hydrogen-bond donors (Lipinski definition) is 0. The van der Waals surface area contributed by atoms with Crippen molar-refractivity contribution in [3.05, 3.63) is 59.7 Å². The van der Waals surface area contributed by atoms with Crippen LogP contribution in [0.15, 0.2) is 58.5 Å². The van der Waals surface area contributed by atoms with Crippen LogP contribution in [0.4, 0.5) is 11.4 Å². The van der Waals surface area contributed by atoms with Crippen molar-refractivity contribution in [2.75, 3.05) is 11.5 Å².